The number of nitriles is 1. The van der Waals surface area contributed by atoms with E-state index in [9.17, 15) is 36.4 Å². The van der Waals surface area contributed by atoms with Crippen molar-refractivity contribution in [2.24, 2.45) is 0 Å². The third kappa shape index (κ3) is 7.32. The van der Waals surface area contributed by atoms with Gasteiger partial charge >= 0.3 is 18.4 Å². The van der Waals surface area contributed by atoms with Crippen molar-refractivity contribution < 1.29 is 31.1 Å². The van der Waals surface area contributed by atoms with Crippen LogP contribution >= 0.6 is 0 Å². The Kier molecular flexibility index (Phi) is 8.54. The molecule has 2 aliphatic rings. The van der Waals surface area contributed by atoms with E-state index in [1.54, 1.807) is 18.2 Å². The monoisotopic (exact) mass is 550 g/mol. The molecule has 1 atom stereocenters. The van der Waals surface area contributed by atoms with Crippen LogP contribution < -0.4 is 5.32 Å². The maximum absolute atomic E-state index is 13.4. The third-order valence-corrected chi connectivity index (χ3v) is 7.14. The van der Waals surface area contributed by atoms with Crippen LogP contribution in [-0.4, -0.2) is 48.1 Å². The SMILES string of the molecule is N#Cc1cccc(C2=CCC(N(CCN3CCCC3)C(=O)Nc3cc(C(F)(F)F)cc(C(F)(F)F)c3)CC2)c1. The van der Waals surface area contributed by atoms with Gasteiger partial charge in [-0.3, -0.25) is 0 Å². The Morgan fingerprint density at radius 2 is 1.69 bits per heavy atom. The van der Waals surface area contributed by atoms with Crippen molar-refractivity contribution >= 4 is 17.3 Å². The van der Waals surface area contributed by atoms with Gasteiger partial charge in [-0.05, 0) is 86.7 Å². The van der Waals surface area contributed by atoms with E-state index in [1.807, 2.05) is 12.1 Å². The number of nitrogens with zero attached hydrogens (tertiary/aromatic N) is 3. The molecule has 0 spiro atoms. The van der Waals surface area contributed by atoms with Crippen molar-refractivity contribution in [3.05, 3.63) is 70.8 Å². The highest BCUT2D eigenvalue weighted by atomic mass is 19.4. The van der Waals surface area contributed by atoms with Gasteiger partial charge in [0.05, 0.1) is 22.8 Å². The molecule has 0 bridgehead atoms. The van der Waals surface area contributed by atoms with Gasteiger partial charge in [0.2, 0.25) is 0 Å². The van der Waals surface area contributed by atoms with Gasteiger partial charge < -0.3 is 15.1 Å². The maximum atomic E-state index is 13.4. The summed E-state index contributed by atoms with van der Waals surface area (Å²) in [5, 5.41) is 11.5. The Balaban J connectivity index is 1.56. The number of amides is 2. The van der Waals surface area contributed by atoms with Crippen molar-refractivity contribution in [1.29, 1.82) is 5.26 Å². The summed E-state index contributed by atoms with van der Waals surface area (Å²) in [4.78, 5) is 17.1. The zero-order chi connectivity index (χ0) is 28.2. The van der Waals surface area contributed by atoms with Crippen molar-refractivity contribution in [1.82, 2.24) is 9.80 Å². The van der Waals surface area contributed by atoms with Gasteiger partial charge in [-0.25, -0.2) is 4.79 Å². The second-order valence-corrected chi connectivity index (χ2v) is 9.82. The minimum absolute atomic E-state index is 0.0373. The van der Waals surface area contributed by atoms with Crippen LogP contribution in [0.3, 0.4) is 0 Å². The van der Waals surface area contributed by atoms with E-state index >= 15 is 0 Å². The molecule has 1 saturated heterocycles. The molecule has 2 aromatic rings. The van der Waals surface area contributed by atoms with Crippen LogP contribution in [0.4, 0.5) is 36.8 Å². The molecule has 0 aromatic heterocycles. The lowest BCUT2D eigenvalue weighted by Gasteiger charge is -2.35. The van der Waals surface area contributed by atoms with Crippen LogP contribution in [0.25, 0.3) is 5.57 Å². The molecule has 5 nitrogen and oxygen atoms in total. The molecular formula is C28H28F6N4O. The third-order valence-electron chi connectivity index (χ3n) is 7.14. The summed E-state index contributed by atoms with van der Waals surface area (Å²) in [5.41, 5.74) is -1.07. The molecule has 1 heterocycles. The van der Waals surface area contributed by atoms with Crippen molar-refractivity contribution in [3.63, 3.8) is 0 Å². The Hall–Kier alpha value is -3.52. The average Bonchev–Trinajstić information content (AvgIpc) is 3.42. The lowest BCUT2D eigenvalue weighted by molar-refractivity contribution is -0.143. The van der Waals surface area contributed by atoms with Crippen LogP contribution in [0, 0.1) is 11.3 Å². The average molecular weight is 551 g/mol. The Morgan fingerprint density at radius 3 is 2.26 bits per heavy atom. The first-order valence-electron chi connectivity index (χ1n) is 12.7. The van der Waals surface area contributed by atoms with Crippen molar-refractivity contribution in [2.75, 3.05) is 31.5 Å². The number of carbonyl (C=O) groups is 1. The molecule has 2 aromatic carbocycles. The molecule has 0 radical (unpaired) electrons. The summed E-state index contributed by atoms with van der Waals surface area (Å²) < 4.78 is 79.9. The Bertz CT molecular complexity index is 1230. The highest BCUT2D eigenvalue weighted by Crippen LogP contribution is 2.38. The van der Waals surface area contributed by atoms with E-state index in [4.69, 9.17) is 0 Å². The fourth-order valence-corrected chi connectivity index (χ4v) is 5.08. The van der Waals surface area contributed by atoms with E-state index < -0.39 is 35.2 Å². The first kappa shape index (κ1) is 28.5. The predicted molar refractivity (Wildman–Crippen MR) is 135 cm³/mol. The first-order valence-corrected chi connectivity index (χ1v) is 12.7. The molecule has 0 saturated carbocycles. The number of hydrogen-bond acceptors (Lipinski definition) is 3. The van der Waals surface area contributed by atoms with Crippen LogP contribution in [0.5, 0.6) is 0 Å². The van der Waals surface area contributed by atoms with E-state index in [2.05, 4.69) is 16.3 Å². The minimum Gasteiger partial charge on any atom is -0.320 e. The van der Waals surface area contributed by atoms with E-state index in [1.165, 1.54) is 4.90 Å². The quantitative estimate of drug-likeness (QED) is 0.388. The van der Waals surface area contributed by atoms with Gasteiger partial charge in [0.25, 0.3) is 0 Å². The number of likely N-dealkylation sites (tertiary alicyclic amines) is 1. The summed E-state index contributed by atoms with van der Waals surface area (Å²) in [7, 11) is 0. The van der Waals surface area contributed by atoms with E-state index in [0.717, 1.165) is 37.1 Å². The number of rotatable bonds is 6. The Labute approximate surface area is 222 Å². The number of anilines is 1. The molecule has 2 amide bonds. The van der Waals surface area contributed by atoms with E-state index in [0.29, 0.717) is 43.5 Å². The normalized spacial score (nSPS) is 18.4. The van der Waals surface area contributed by atoms with Crippen molar-refractivity contribution in [2.45, 2.75) is 50.5 Å². The highest BCUT2D eigenvalue weighted by molar-refractivity contribution is 5.90. The molecule has 39 heavy (non-hydrogen) atoms. The summed E-state index contributed by atoms with van der Waals surface area (Å²) in [6.07, 6.45) is -4.33. The molecule has 11 heteroatoms. The van der Waals surface area contributed by atoms with Gasteiger partial charge in [-0.1, -0.05) is 18.2 Å². The van der Waals surface area contributed by atoms with Gasteiger partial charge in [-0.2, -0.15) is 31.6 Å². The minimum atomic E-state index is -5.01. The zero-order valence-electron chi connectivity index (χ0n) is 21.1. The number of halogens is 6. The summed E-state index contributed by atoms with van der Waals surface area (Å²) >= 11 is 0. The molecule has 1 unspecified atom stereocenters. The van der Waals surface area contributed by atoms with Crippen LogP contribution in [0.1, 0.15) is 54.4 Å². The van der Waals surface area contributed by atoms with Crippen LogP contribution in [0.15, 0.2) is 48.5 Å². The predicted octanol–water partition coefficient (Wildman–Crippen LogP) is 7.16. The zero-order valence-corrected chi connectivity index (χ0v) is 21.1. The molecule has 1 aliphatic heterocycles. The van der Waals surface area contributed by atoms with Gasteiger partial charge in [0.15, 0.2) is 0 Å². The highest BCUT2D eigenvalue weighted by Gasteiger charge is 2.37. The maximum Gasteiger partial charge on any atom is 0.416 e. The molecule has 4 rings (SSSR count). The number of urea groups is 1. The van der Waals surface area contributed by atoms with Gasteiger partial charge in [0, 0.05) is 24.8 Å². The number of alkyl halides is 6. The number of nitrogens with one attached hydrogen (secondary N) is 1. The molecule has 1 fully saturated rings. The summed E-state index contributed by atoms with van der Waals surface area (Å²) in [6, 6.07) is 9.34. The van der Waals surface area contributed by atoms with Crippen molar-refractivity contribution in [3.8, 4) is 6.07 Å². The molecule has 1 N–H and O–H groups in total. The van der Waals surface area contributed by atoms with Gasteiger partial charge in [-0.15, -0.1) is 0 Å². The van der Waals surface area contributed by atoms with E-state index in [-0.39, 0.29) is 18.7 Å². The summed E-state index contributed by atoms with van der Waals surface area (Å²) in [5.74, 6) is 0. The van der Waals surface area contributed by atoms with Gasteiger partial charge in [0.1, 0.15) is 0 Å². The number of carbonyl (C=O) groups excluding carboxylic acids is 1. The molecule has 208 valence electrons. The number of hydrogen-bond donors (Lipinski definition) is 1. The number of benzene rings is 2. The molecule has 1 aliphatic carbocycles. The summed E-state index contributed by atoms with van der Waals surface area (Å²) in [6.45, 7) is 2.60. The largest absolute Gasteiger partial charge is 0.416 e. The fraction of sp³-hybridized carbons (Fsp3) is 0.429. The standard InChI is InChI=1S/C28H28F6N4O/c29-27(30,31)22-15-23(28(32,33)34)17-24(16-22)36-26(39)38(13-12-37-10-1-2-11-37)25-8-6-20(7-9-25)21-5-3-4-19(14-21)18-35/h3-6,14-17,25H,1-2,7-13H2,(H,36,39). The smallest absolute Gasteiger partial charge is 0.320 e. The van der Waals surface area contributed by atoms with Crippen LogP contribution in [0.2, 0.25) is 0 Å². The second-order valence-electron chi connectivity index (χ2n) is 9.82. The fourth-order valence-electron chi connectivity index (χ4n) is 5.08. The number of allylic oxidation sites excluding steroid dienone is 1. The first-order chi connectivity index (χ1) is 18.4. The second kappa shape index (κ2) is 11.7. The lowest BCUT2D eigenvalue weighted by atomic mass is 9.89. The molecular weight excluding hydrogens is 522 g/mol. The topological polar surface area (TPSA) is 59.4 Å². The lowest BCUT2D eigenvalue weighted by Crippen LogP contribution is -2.47. The Morgan fingerprint density at radius 1 is 1.03 bits per heavy atom. The van der Waals surface area contributed by atoms with Crippen LogP contribution in [-0.2, 0) is 12.4 Å².